The molecule has 0 saturated heterocycles. The van der Waals surface area contributed by atoms with Crippen LogP contribution in [0, 0.1) is 0 Å². The van der Waals surface area contributed by atoms with E-state index < -0.39 is 0 Å². The Hall–Kier alpha value is -1.96. The van der Waals surface area contributed by atoms with Gasteiger partial charge in [0.1, 0.15) is 0 Å². The first-order chi connectivity index (χ1) is 7.79. The minimum Gasteiger partial charge on any atom is -0.0843 e. The molecule has 78 valence electrons. The lowest BCUT2D eigenvalue weighted by Gasteiger charge is -2.01. The van der Waals surface area contributed by atoms with Crippen molar-refractivity contribution < 1.29 is 0 Å². The minimum absolute atomic E-state index is 0.611. The summed E-state index contributed by atoms with van der Waals surface area (Å²) in [6.45, 7) is 0. The van der Waals surface area contributed by atoms with Crippen molar-refractivity contribution in [2.75, 3.05) is 0 Å². The van der Waals surface area contributed by atoms with Crippen molar-refractivity contribution in [1.82, 2.24) is 0 Å². The van der Waals surface area contributed by atoms with Gasteiger partial charge < -0.3 is 0 Å². The zero-order valence-corrected chi connectivity index (χ0v) is 9.09. The smallest absolute Gasteiger partial charge is 0.0406 e. The molecule has 0 spiro atoms. The molecule has 0 aliphatic carbocycles. The third kappa shape index (κ3) is 2.34. The summed E-state index contributed by atoms with van der Waals surface area (Å²) < 4.78 is 0. The second kappa shape index (κ2) is 4.71. The van der Waals surface area contributed by atoms with Gasteiger partial charge in [0.05, 0.1) is 0 Å². The number of rotatable bonds is 2. The van der Waals surface area contributed by atoms with Crippen LogP contribution in [0.2, 0.25) is 5.02 Å². The summed E-state index contributed by atoms with van der Waals surface area (Å²) >= 11 is 5.81. The summed E-state index contributed by atoms with van der Waals surface area (Å²) in [5.41, 5.74) is 11.0. The van der Waals surface area contributed by atoms with Gasteiger partial charge in [0.25, 0.3) is 0 Å². The topological polar surface area (TPSA) is 48.8 Å². The fraction of sp³-hybridized carbons (Fsp3) is 0. The van der Waals surface area contributed by atoms with Crippen molar-refractivity contribution >= 4 is 17.3 Å². The highest BCUT2D eigenvalue weighted by Crippen LogP contribution is 2.23. The SMILES string of the molecule is [N-]=[N+]=Nc1ccc(-c2ccc(Cl)cc2)cc1. The van der Waals surface area contributed by atoms with Crippen LogP contribution >= 0.6 is 11.6 Å². The van der Waals surface area contributed by atoms with E-state index in [2.05, 4.69) is 10.0 Å². The maximum Gasteiger partial charge on any atom is 0.0406 e. The number of azide groups is 1. The van der Waals surface area contributed by atoms with Crippen LogP contribution in [-0.2, 0) is 0 Å². The molecule has 0 amide bonds. The lowest BCUT2D eigenvalue weighted by molar-refractivity contribution is 1.47. The Balaban J connectivity index is 2.34. The van der Waals surface area contributed by atoms with Gasteiger partial charge >= 0.3 is 0 Å². The average Bonchev–Trinajstić information content (AvgIpc) is 2.32. The molecule has 0 aliphatic rings. The van der Waals surface area contributed by atoms with Gasteiger partial charge in [-0.15, -0.1) is 0 Å². The molecule has 16 heavy (non-hydrogen) atoms. The van der Waals surface area contributed by atoms with Crippen LogP contribution in [0.1, 0.15) is 0 Å². The van der Waals surface area contributed by atoms with Crippen LogP contribution in [0.25, 0.3) is 21.6 Å². The van der Waals surface area contributed by atoms with Crippen LogP contribution in [0.4, 0.5) is 5.69 Å². The highest BCUT2D eigenvalue weighted by molar-refractivity contribution is 6.30. The fourth-order valence-electron chi connectivity index (χ4n) is 1.41. The zero-order chi connectivity index (χ0) is 11.4. The van der Waals surface area contributed by atoms with Gasteiger partial charge in [-0.25, -0.2) is 0 Å². The highest BCUT2D eigenvalue weighted by atomic mass is 35.5. The summed E-state index contributed by atoms with van der Waals surface area (Å²) in [5.74, 6) is 0. The molecule has 0 saturated carbocycles. The summed E-state index contributed by atoms with van der Waals surface area (Å²) in [5, 5.41) is 4.23. The molecule has 0 unspecified atom stereocenters. The van der Waals surface area contributed by atoms with Crippen molar-refractivity contribution in [3.63, 3.8) is 0 Å². The maximum atomic E-state index is 8.28. The van der Waals surface area contributed by atoms with Gasteiger partial charge in [-0.1, -0.05) is 53.1 Å². The van der Waals surface area contributed by atoms with Crippen molar-refractivity contribution in [3.8, 4) is 11.1 Å². The highest BCUT2D eigenvalue weighted by Gasteiger charge is 1.97. The molecule has 0 bridgehead atoms. The molecule has 4 heteroatoms. The van der Waals surface area contributed by atoms with Crippen LogP contribution in [0.3, 0.4) is 0 Å². The van der Waals surface area contributed by atoms with Crippen LogP contribution in [0.15, 0.2) is 53.6 Å². The van der Waals surface area contributed by atoms with Crippen molar-refractivity contribution in [1.29, 1.82) is 0 Å². The molecule has 2 rings (SSSR count). The first kappa shape index (κ1) is 10.6. The minimum atomic E-state index is 0.611. The predicted molar refractivity (Wildman–Crippen MR) is 65.7 cm³/mol. The largest absolute Gasteiger partial charge is 0.0843 e. The van der Waals surface area contributed by atoms with E-state index in [1.165, 1.54) is 0 Å². The number of hydrogen-bond acceptors (Lipinski definition) is 1. The second-order valence-electron chi connectivity index (χ2n) is 3.24. The third-order valence-electron chi connectivity index (χ3n) is 2.21. The van der Waals surface area contributed by atoms with E-state index in [1.54, 1.807) is 12.1 Å². The zero-order valence-electron chi connectivity index (χ0n) is 8.34. The predicted octanol–water partition coefficient (Wildman–Crippen LogP) is 4.95. The number of benzene rings is 2. The molecule has 3 nitrogen and oxygen atoms in total. The van der Waals surface area contributed by atoms with E-state index in [-0.39, 0.29) is 0 Å². The van der Waals surface area contributed by atoms with E-state index in [1.807, 2.05) is 36.4 Å². The van der Waals surface area contributed by atoms with Gasteiger partial charge in [-0.2, -0.15) is 0 Å². The second-order valence-corrected chi connectivity index (χ2v) is 3.68. The summed E-state index contributed by atoms with van der Waals surface area (Å²) in [7, 11) is 0. The number of nitrogens with zero attached hydrogens (tertiary/aromatic N) is 3. The molecular weight excluding hydrogens is 222 g/mol. The third-order valence-corrected chi connectivity index (χ3v) is 2.46. The lowest BCUT2D eigenvalue weighted by Crippen LogP contribution is -1.75. The first-order valence-electron chi connectivity index (χ1n) is 4.71. The van der Waals surface area contributed by atoms with E-state index in [4.69, 9.17) is 17.1 Å². The van der Waals surface area contributed by atoms with Gasteiger partial charge in [-0.05, 0) is 28.8 Å². The Kier molecular flexibility index (Phi) is 3.10. The van der Waals surface area contributed by atoms with E-state index in [9.17, 15) is 0 Å². The average molecular weight is 230 g/mol. The standard InChI is InChI=1S/C12H8ClN3/c13-11-5-1-9(2-6-11)10-3-7-12(8-4-10)15-16-14/h1-8H. The Morgan fingerprint density at radius 1 is 0.875 bits per heavy atom. The molecule has 0 fully saturated rings. The Morgan fingerprint density at radius 3 is 1.88 bits per heavy atom. The van der Waals surface area contributed by atoms with Gasteiger partial charge in [0.15, 0.2) is 0 Å². The van der Waals surface area contributed by atoms with E-state index in [0.29, 0.717) is 5.69 Å². The molecule has 0 N–H and O–H groups in total. The number of hydrogen-bond donors (Lipinski definition) is 0. The molecular formula is C12H8ClN3. The summed E-state index contributed by atoms with van der Waals surface area (Å²) in [6, 6.07) is 15.0. The number of halogens is 1. The van der Waals surface area contributed by atoms with E-state index >= 15 is 0 Å². The molecule has 0 heterocycles. The molecule has 0 aliphatic heterocycles. The molecule has 0 atom stereocenters. The van der Waals surface area contributed by atoms with Crippen LogP contribution in [0.5, 0.6) is 0 Å². The molecule has 0 radical (unpaired) electrons. The summed E-state index contributed by atoms with van der Waals surface area (Å²) in [6.07, 6.45) is 0. The van der Waals surface area contributed by atoms with Crippen molar-refractivity contribution in [3.05, 3.63) is 64.0 Å². The Labute approximate surface area is 97.9 Å². The molecule has 2 aromatic carbocycles. The fourth-order valence-corrected chi connectivity index (χ4v) is 1.54. The van der Waals surface area contributed by atoms with Crippen molar-refractivity contribution in [2.45, 2.75) is 0 Å². The maximum absolute atomic E-state index is 8.28. The van der Waals surface area contributed by atoms with Gasteiger partial charge in [0.2, 0.25) is 0 Å². The normalized spacial score (nSPS) is 9.56. The van der Waals surface area contributed by atoms with E-state index in [0.717, 1.165) is 16.1 Å². The monoisotopic (exact) mass is 229 g/mol. The van der Waals surface area contributed by atoms with Crippen LogP contribution in [-0.4, -0.2) is 0 Å². The van der Waals surface area contributed by atoms with Gasteiger partial charge in [-0.3, -0.25) is 0 Å². The van der Waals surface area contributed by atoms with Crippen molar-refractivity contribution in [2.24, 2.45) is 5.11 Å². The molecule has 0 aromatic heterocycles. The molecule has 2 aromatic rings. The summed E-state index contributed by atoms with van der Waals surface area (Å²) in [4.78, 5) is 2.73. The van der Waals surface area contributed by atoms with Crippen LogP contribution < -0.4 is 0 Å². The first-order valence-corrected chi connectivity index (χ1v) is 5.08. The lowest BCUT2D eigenvalue weighted by atomic mass is 10.1. The Bertz CT molecular complexity index is 525. The Morgan fingerprint density at radius 2 is 1.38 bits per heavy atom. The van der Waals surface area contributed by atoms with Gasteiger partial charge in [0, 0.05) is 15.6 Å². The quantitative estimate of drug-likeness (QED) is 0.398.